The van der Waals surface area contributed by atoms with Crippen LogP contribution in [0.1, 0.15) is 19.8 Å². The van der Waals surface area contributed by atoms with Gasteiger partial charge in [-0.15, -0.1) is 0 Å². The maximum atomic E-state index is 11.3. The van der Waals surface area contributed by atoms with Gasteiger partial charge in [-0.3, -0.25) is 0 Å². The molecule has 1 aromatic heterocycles. The third-order valence-electron chi connectivity index (χ3n) is 3.78. The molecule has 2 rings (SSSR count). The van der Waals surface area contributed by atoms with Crippen LogP contribution in [0.25, 0.3) is 0 Å². The van der Waals surface area contributed by atoms with Crippen molar-refractivity contribution in [2.45, 2.75) is 39.0 Å². The Hall–Kier alpha value is -3.78. The van der Waals surface area contributed by atoms with Gasteiger partial charge >= 0.3 is 37.4 Å². The summed E-state index contributed by atoms with van der Waals surface area (Å²) < 4.78 is 26.6. The molecule has 0 saturated carbocycles. The predicted octanol–water partition coefficient (Wildman–Crippen LogP) is -2.60. The molecule has 0 bridgehead atoms. The summed E-state index contributed by atoms with van der Waals surface area (Å²) in [4.78, 5) is 54.7. The number of aryl methyl sites for hydroxylation is 2. The van der Waals surface area contributed by atoms with Crippen LogP contribution in [0.4, 0.5) is 4.79 Å². The number of carbonyl (C=O) groups is 5. The molecule has 162 valence electrons. The van der Waals surface area contributed by atoms with Gasteiger partial charge in [0.05, 0.1) is 13.1 Å². The fraction of sp³-hybridized carbons (Fsp3) is 0.467. The summed E-state index contributed by atoms with van der Waals surface area (Å²) in [5, 5.41) is 19.2. The highest BCUT2D eigenvalue weighted by Crippen LogP contribution is 2.13. The van der Waals surface area contributed by atoms with Crippen molar-refractivity contribution in [2.24, 2.45) is 0 Å². The van der Waals surface area contributed by atoms with Gasteiger partial charge in [0.2, 0.25) is 0 Å². The molecule has 0 aliphatic carbocycles. The minimum atomic E-state index is -2.30. The topological polar surface area (TPSA) is 184 Å². The average molecular weight is 428 g/mol. The molecule has 2 heterocycles. The summed E-state index contributed by atoms with van der Waals surface area (Å²) in [5.74, 6) is -8.03. The van der Waals surface area contributed by atoms with Crippen LogP contribution in [0.5, 0.6) is 6.01 Å². The number of carbonyl (C=O) groups excluding carboxylic acids is 4. The fourth-order valence-corrected chi connectivity index (χ4v) is 2.43. The zero-order valence-corrected chi connectivity index (χ0v) is 15.7. The van der Waals surface area contributed by atoms with Gasteiger partial charge < -0.3 is 38.4 Å². The second kappa shape index (κ2) is 10.1. The standard InChI is InChI=1S/C15H17BN2O12/c1-2-17-6-7-18(5-3-4-9-8-26-15(25)27-9)14(17)30-16(28-12(23)10(19)20)29-13(24)11(21)22/h6-7,9H,2-5,8H2,1H3,(H-,19,20,21,22). The van der Waals surface area contributed by atoms with E-state index < -0.39 is 43.5 Å². The van der Waals surface area contributed by atoms with Crippen LogP contribution in [0.15, 0.2) is 12.4 Å². The number of hydrogen-bond acceptors (Lipinski definition) is 11. The average Bonchev–Trinajstić information content (AvgIpc) is 3.27. The first-order chi connectivity index (χ1) is 14.2. The van der Waals surface area contributed by atoms with Crippen LogP contribution < -0.4 is 14.3 Å². The largest absolute Gasteiger partial charge is 0.873 e. The maximum absolute atomic E-state index is 11.3. The van der Waals surface area contributed by atoms with Crippen molar-refractivity contribution < 1.29 is 62.2 Å². The molecule has 1 aliphatic heterocycles. The summed E-state index contributed by atoms with van der Waals surface area (Å²) in [6.07, 6.45) is 2.97. The van der Waals surface area contributed by atoms with E-state index in [1.807, 2.05) is 0 Å². The van der Waals surface area contributed by atoms with Crippen LogP contribution in [0.3, 0.4) is 0 Å². The van der Waals surface area contributed by atoms with Gasteiger partial charge in [0.25, 0.3) is 0 Å². The van der Waals surface area contributed by atoms with Gasteiger partial charge in [-0.05, 0) is 19.8 Å². The normalized spacial score (nSPS) is 15.0. The number of hydrogen-bond donors (Lipinski definition) is 1. The Bertz CT molecular complexity index is 810. The van der Waals surface area contributed by atoms with Crippen LogP contribution in [0, 0.1) is 0 Å². The van der Waals surface area contributed by atoms with E-state index in [1.54, 1.807) is 19.3 Å². The molecule has 0 radical (unpaired) electrons. The molecule has 1 aromatic rings. The molecule has 0 spiro atoms. The number of nitrogens with zero attached hydrogens (tertiary/aromatic N) is 2. The van der Waals surface area contributed by atoms with Crippen LogP contribution in [0.2, 0.25) is 0 Å². The highest BCUT2D eigenvalue weighted by atomic mass is 16.8. The van der Waals surface area contributed by atoms with Gasteiger partial charge in [-0.25, -0.2) is 19.2 Å². The third-order valence-corrected chi connectivity index (χ3v) is 3.78. The molecule has 14 nitrogen and oxygen atoms in total. The number of cyclic esters (lactones) is 2. The van der Waals surface area contributed by atoms with E-state index in [4.69, 9.17) is 14.5 Å². The Labute approximate surface area is 169 Å². The van der Waals surface area contributed by atoms with Crippen molar-refractivity contribution in [3.8, 4) is 6.01 Å². The lowest BCUT2D eigenvalue weighted by Gasteiger charge is -2.13. The smallest absolute Gasteiger partial charge is 0.539 e. The number of carboxylic acids is 2. The summed E-state index contributed by atoms with van der Waals surface area (Å²) in [5.41, 5.74) is 0. The Kier molecular flexibility index (Phi) is 7.60. The SMILES string of the molecule is CCn1cc[n+](CCCC2COC(=O)O2)c1OB(OC(=O)C(=O)[O-])OC(=O)C(=O)O. The number of carboxylic acid groups (broad SMARTS) is 2. The van der Waals surface area contributed by atoms with E-state index in [2.05, 4.69) is 14.0 Å². The van der Waals surface area contributed by atoms with Gasteiger partial charge in [-0.2, -0.15) is 9.13 Å². The van der Waals surface area contributed by atoms with Crippen molar-refractivity contribution >= 4 is 37.4 Å². The number of aliphatic carboxylic acids is 2. The van der Waals surface area contributed by atoms with Crippen molar-refractivity contribution in [3.05, 3.63) is 12.4 Å². The Balaban J connectivity index is 2.10. The second-order valence-corrected chi connectivity index (χ2v) is 5.81. The molecular weight excluding hydrogens is 411 g/mol. The van der Waals surface area contributed by atoms with Gasteiger partial charge in [0.15, 0.2) is 5.97 Å². The molecule has 15 heteroatoms. The van der Waals surface area contributed by atoms with Crippen LogP contribution in [-0.2, 0) is 51.1 Å². The zero-order valence-electron chi connectivity index (χ0n) is 15.7. The Morgan fingerprint density at radius 2 is 2.03 bits per heavy atom. The zero-order chi connectivity index (χ0) is 22.3. The number of aromatic nitrogens is 2. The lowest BCUT2D eigenvalue weighted by Crippen LogP contribution is -2.46. The second-order valence-electron chi connectivity index (χ2n) is 5.81. The molecule has 1 unspecified atom stereocenters. The van der Waals surface area contributed by atoms with E-state index in [0.29, 0.717) is 25.9 Å². The van der Waals surface area contributed by atoms with Crippen LogP contribution >= 0.6 is 0 Å². The number of imidazole rings is 1. The molecule has 1 saturated heterocycles. The summed E-state index contributed by atoms with van der Waals surface area (Å²) in [6.45, 7) is 2.53. The van der Waals surface area contributed by atoms with E-state index in [9.17, 15) is 29.1 Å². The van der Waals surface area contributed by atoms with E-state index in [0.717, 1.165) is 0 Å². The lowest BCUT2D eigenvalue weighted by atomic mass is 10.2. The maximum Gasteiger partial charge on any atom is 0.873 e. The third kappa shape index (κ3) is 6.12. The Morgan fingerprint density at radius 1 is 1.33 bits per heavy atom. The van der Waals surface area contributed by atoms with Crippen molar-refractivity contribution in [1.29, 1.82) is 0 Å². The Morgan fingerprint density at radius 3 is 2.60 bits per heavy atom. The molecule has 1 N–H and O–H groups in total. The molecule has 1 atom stereocenters. The van der Waals surface area contributed by atoms with E-state index >= 15 is 0 Å². The number of rotatable bonds is 9. The van der Waals surface area contributed by atoms with E-state index in [-0.39, 0.29) is 12.6 Å². The van der Waals surface area contributed by atoms with E-state index in [1.165, 1.54) is 9.13 Å². The lowest BCUT2D eigenvalue weighted by molar-refractivity contribution is -0.700. The minimum absolute atomic E-state index is 0.0218. The summed E-state index contributed by atoms with van der Waals surface area (Å²) in [6, 6.07) is -0.0218. The van der Waals surface area contributed by atoms with Gasteiger partial charge in [0, 0.05) is 0 Å². The fourth-order valence-electron chi connectivity index (χ4n) is 2.43. The first kappa shape index (κ1) is 22.5. The molecule has 30 heavy (non-hydrogen) atoms. The first-order valence-electron chi connectivity index (χ1n) is 8.65. The molecule has 1 fully saturated rings. The minimum Gasteiger partial charge on any atom is -0.539 e. The molecule has 0 aromatic carbocycles. The molecular formula is C15H17BN2O12. The predicted molar refractivity (Wildman–Crippen MR) is 87.0 cm³/mol. The number of ether oxygens (including phenoxy) is 2. The summed E-state index contributed by atoms with van der Waals surface area (Å²) >= 11 is 0. The summed E-state index contributed by atoms with van der Waals surface area (Å²) in [7, 11) is -2.30. The highest BCUT2D eigenvalue weighted by molar-refractivity contribution is 6.50. The van der Waals surface area contributed by atoms with Crippen molar-refractivity contribution in [1.82, 2.24) is 4.57 Å². The van der Waals surface area contributed by atoms with Crippen molar-refractivity contribution in [2.75, 3.05) is 6.61 Å². The quantitative estimate of drug-likeness (QED) is 0.187. The monoisotopic (exact) mass is 428 g/mol. The highest BCUT2D eigenvalue weighted by Gasteiger charge is 2.41. The van der Waals surface area contributed by atoms with Gasteiger partial charge in [0.1, 0.15) is 25.1 Å². The van der Waals surface area contributed by atoms with Crippen LogP contribution in [-0.4, -0.2) is 59.7 Å². The molecule has 0 amide bonds. The van der Waals surface area contributed by atoms with Crippen molar-refractivity contribution in [3.63, 3.8) is 0 Å². The molecule has 1 aliphatic rings. The first-order valence-corrected chi connectivity index (χ1v) is 8.65. The van der Waals surface area contributed by atoms with Gasteiger partial charge in [-0.1, -0.05) is 0 Å².